The van der Waals surface area contributed by atoms with Gasteiger partial charge in [-0.25, -0.2) is 9.59 Å². The highest BCUT2D eigenvalue weighted by Gasteiger charge is 2.16. The monoisotopic (exact) mass is 206 g/mol. The van der Waals surface area contributed by atoms with Crippen LogP contribution in [-0.4, -0.2) is 22.2 Å². The molecule has 12 heavy (non-hydrogen) atoms. The zero-order valence-corrected chi connectivity index (χ0v) is 7.15. The van der Waals surface area contributed by atoms with E-state index >= 15 is 0 Å². The molecule has 0 saturated carbocycles. The molecule has 2 N–H and O–H groups in total. The van der Waals surface area contributed by atoms with Crippen molar-refractivity contribution in [2.24, 2.45) is 0 Å². The van der Waals surface area contributed by atoms with Crippen molar-refractivity contribution in [2.45, 2.75) is 0 Å². The molecule has 0 aliphatic heterocycles. The molecule has 1 aromatic rings. The van der Waals surface area contributed by atoms with Gasteiger partial charge >= 0.3 is 11.9 Å². The van der Waals surface area contributed by atoms with E-state index in [0.717, 1.165) is 17.4 Å². The minimum atomic E-state index is -1.22. The van der Waals surface area contributed by atoms with E-state index in [1.54, 1.807) is 0 Å². The lowest BCUT2D eigenvalue weighted by Gasteiger charge is -1.84. The van der Waals surface area contributed by atoms with Crippen LogP contribution in [0.25, 0.3) is 0 Å². The van der Waals surface area contributed by atoms with Gasteiger partial charge < -0.3 is 10.2 Å². The average molecular weight is 207 g/mol. The van der Waals surface area contributed by atoms with Gasteiger partial charge in [0.2, 0.25) is 0 Å². The Morgan fingerprint density at radius 2 is 1.92 bits per heavy atom. The maximum Gasteiger partial charge on any atom is 0.345 e. The van der Waals surface area contributed by atoms with Crippen molar-refractivity contribution in [1.29, 1.82) is 0 Å². The van der Waals surface area contributed by atoms with Crippen LogP contribution in [0.15, 0.2) is 6.07 Å². The quantitative estimate of drug-likeness (QED) is 0.774. The Hall–Kier alpha value is -1.07. The first-order chi connectivity index (χ1) is 5.52. The Bertz CT molecular complexity index is 343. The van der Waals surface area contributed by atoms with Gasteiger partial charge in [-0.15, -0.1) is 11.3 Å². The molecule has 0 saturated heterocycles. The third-order valence-corrected chi connectivity index (χ3v) is 2.47. The highest BCUT2D eigenvalue weighted by Crippen LogP contribution is 2.27. The summed E-state index contributed by atoms with van der Waals surface area (Å²) in [5.41, 5.74) is -0.168. The van der Waals surface area contributed by atoms with E-state index in [1.807, 2.05) is 0 Å². The van der Waals surface area contributed by atoms with Gasteiger partial charge in [0.05, 0.1) is 5.56 Å². The molecular weight excluding hydrogens is 204 g/mol. The molecule has 0 spiro atoms. The summed E-state index contributed by atoms with van der Waals surface area (Å²) in [6.07, 6.45) is 0. The Labute approximate surface area is 76.0 Å². The lowest BCUT2D eigenvalue weighted by atomic mass is 10.3. The Balaban J connectivity index is 3.17. The summed E-state index contributed by atoms with van der Waals surface area (Å²) in [7, 11) is 0. The summed E-state index contributed by atoms with van der Waals surface area (Å²) in [5.74, 6) is -2.39. The maximum atomic E-state index is 10.4. The second-order valence-corrected chi connectivity index (χ2v) is 3.56. The van der Waals surface area contributed by atoms with Crippen molar-refractivity contribution in [2.75, 3.05) is 0 Å². The first kappa shape index (κ1) is 9.02. The summed E-state index contributed by atoms with van der Waals surface area (Å²) >= 11 is 6.19. The highest BCUT2D eigenvalue weighted by atomic mass is 35.5. The molecule has 0 aromatic carbocycles. The molecule has 0 radical (unpaired) electrons. The fourth-order valence-corrected chi connectivity index (χ4v) is 1.72. The van der Waals surface area contributed by atoms with Gasteiger partial charge in [-0.1, -0.05) is 11.6 Å². The fraction of sp³-hybridized carbons (Fsp3) is 0. The van der Waals surface area contributed by atoms with Gasteiger partial charge in [-0.05, 0) is 6.07 Å². The summed E-state index contributed by atoms with van der Waals surface area (Å²) in [6.45, 7) is 0. The number of thiophene rings is 1. The summed E-state index contributed by atoms with van der Waals surface area (Å²) < 4.78 is -0.0140. The SMILES string of the molecule is O=C(O)c1cc(C(=O)O)c(Cl)s1. The van der Waals surface area contributed by atoms with Crippen LogP contribution in [0.3, 0.4) is 0 Å². The van der Waals surface area contributed by atoms with Gasteiger partial charge in [0, 0.05) is 0 Å². The fourth-order valence-electron chi connectivity index (χ4n) is 0.620. The lowest BCUT2D eigenvalue weighted by molar-refractivity contribution is 0.0696. The van der Waals surface area contributed by atoms with E-state index in [9.17, 15) is 9.59 Å². The van der Waals surface area contributed by atoms with Crippen molar-refractivity contribution >= 4 is 34.9 Å². The van der Waals surface area contributed by atoms with Crippen LogP contribution < -0.4 is 0 Å². The van der Waals surface area contributed by atoms with Crippen molar-refractivity contribution in [3.63, 3.8) is 0 Å². The van der Waals surface area contributed by atoms with Gasteiger partial charge in [0.25, 0.3) is 0 Å². The number of carboxylic acid groups (broad SMARTS) is 2. The van der Waals surface area contributed by atoms with Gasteiger partial charge in [-0.3, -0.25) is 0 Å². The van der Waals surface area contributed by atoms with Crippen LogP contribution >= 0.6 is 22.9 Å². The summed E-state index contributed by atoms with van der Waals surface area (Å²) in [5, 5.41) is 17.0. The number of carboxylic acids is 2. The molecule has 1 rings (SSSR count). The number of hydrogen-bond donors (Lipinski definition) is 2. The molecule has 0 amide bonds. The third-order valence-electron chi connectivity index (χ3n) is 1.13. The maximum absolute atomic E-state index is 10.4. The first-order valence-corrected chi connectivity index (χ1v) is 3.97. The van der Waals surface area contributed by atoms with Crippen LogP contribution in [0.2, 0.25) is 4.34 Å². The Morgan fingerprint density at radius 1 is 1.33 bits per heavy atom. The largest absolute Gasteiger partial charge is 0.478 e. The van der Waals surface area contributed by atoms with Gasteiger partial charge in [0.1, 0.15) is 9.21 Å². The van der Waals surface area contributed by atoms with Gasteiger partial charge in [-0.2, -0.15) is 0 Å². The van der Waals surface area contributed by atoms with Crippen LogP contribution in [0.4, 0.5) is 0 Å². The molecule has 0 atom stereocenters. The number of hydrogen-bond acceptors (Lipinski definition) is 3. The predicted molar refractivity (Wildman–Crippen MR) is 43.2 cm³/mol. The molecule has 0 aliphatic carbocycles. The lowest BCUT2D eigenvalue weighted by Crippen LogP contribution is -1.95. The molecule has 4 nitrogen and oxygen atoms in total. The molecule has 0 unspecified atom stereocenters. The number of carbonyl (C=O) groups is 2. The molecule has 0 fully saturated rings. The zero-order valence-electron chi connectivity index (χ0n) is 5.57. The molecule has 64 valence electrons. The van der Waals surface area contributed by atoms with Crippen LogP contribution in [-0.2, 0) is 0 Å². The highest BCUT2D eigenvalue weighted by molar-refractivity contribution is 7.18. The molecule has 0 bridgehead atoms. The van der Waals surface area contributed by atoms with E-state index in [4.69, 9.17) is 21.8 Å². The number of halogens is 1. The van der Waals surface area contributed by atoms with Crippen LogP contribution in [0.5, 0.6) is 0 Å². The van der Waals surface area contributed by atoms with Crippen molar-refractivity contribution in [1.82, 2.24) is 0 Å². The minimum Gasteiger partial charge on any atom is -0.478 e. The van der Waals surface area contributed by atoms with E-state index < -0.39 is 11.9 Å². The minimum absolute atomic E-state index is 0.0140. The van der Waals surface area contributed by atoms with Crippen molar-refractivity contribution in [3.05, 3.63) is 20.8 Å². The molecule has 1 heterocycles. The van der Waals surface area contributed by atoms with Crippen LogP contribution in [0.1, 0.15) is 20.0 Å². The van der Waals surface area contributed by atoms with Crippen molar-refractivity contribution < 1.29 is 19.8 Å². The number of rotatable bonds is 2. The van der Waals surface area contributed by atoms with Crippen molar-refractivity contribution in [3.8, 4) is 0 Å². The second kappa shape index (κ2) is 3.12. The van der Waals surface area contributed by atoms with E-state index in [2.05, 4.69) is 0 Å². The topological polar surface area (TPSA) is 74.6 Å². The summed E-state index contributed by atoms with van der Waals surface area (Å²) in [6, 6.07) is 1.04. The molecule has 6 heteroatoms. The van der Waals surface area contributed by atoms with E-state index in [0.29, 0.717) is 0 Å². The normalized spacial score (nSPS) is 9.75. The molecule has 1 aromatic heterocycles. The Morgan fingerprint density at radius 3 is 2.17 bits per heavy atom. The second-order valence-electron chi connectivity index (χ2n) is 1.91. The molecule has 0 aliphatic rings. The zero-order chi connectivity index (χ0) is 9.30. The summed E-state index contributed by atoms with van der Waals surface area (Å²) in [4.78, 5) is 20.7. The average Bonchev–Trinajstić information content (AvgIpc) is 2.30. The Kier molecular flexibility index (Phi) is 2.35. The standard InChI is InChI=1S/C6H3ClO4S/c7-4-2(5(8)9)1-3(12-4)6(10)11/h1H,(H,8,9)(H,10,11). The van der Waals surface area contributed by atoms with Crippen LogP contribution in [0, 0.1) is 0 Å². The first-order valence-electron chi connectivity index (χ1n) is 2.78. The van der Waals surface area contributed by atoms with Gasteiger partial charge in [0.15, 0.2) is 0 Å². The predicted octanol–water partition coefficient (Wildman–Crippen LogP) is 1.80. The third kappa shape index (κ3) is 1.57. The molecular formula is C6H3ClO4S. The smallest absolute Gasteiger partial charge is 0.345 e. The van der Waals surface area contributed by atoms with E-state index in [1.165, 1.54) is 0 Å². The number of aromatic carboxylic acids is 2. The van der Waals surface area contributed by atoms with E-state index in [-0.39, 0.29) is 14.8 Å².